The second kappa shape index (κ2) is 10.1. The molecule has 0 saturated carbocycles. The van der Waals surface area contributed by atoms with Gasteiger partial charge in [-0.2, -0.15) is 0 Å². The van der Waals surface area contributed by atoms with Crippen LogP contribution in [0.4, 0.5) is 0 Å². The number of Topliss-reactive ketones (excluding diaryl/α,β-unsaturated/α-hetero) is 1. The number of ether oxygens (including phenoxy) is 1. The van der Waals surface area contributed by atoms with Gasteiger partial charge in [-0.3, -0.25) is 14.4 Å². The lowest BCUT2D eigenvalue weighted by molar-refractivity contribution is 0.0857. The van der Waals surface area contributed by atoms with Gasteiger partial charge in [-0.15, -0.1) is 0 Å². The highest BCUT2D eigenvalue weighted by Crippen LogP contribution is 2.25. The zero-order valence-electron chi connectivity index (χ0n) is 20.9. The van der Waals surface area contributed by atoms with Crippen LogP contribution in [0.3, 0.4) is 0 Å². The van der Waals surface area contributed by atoms with E-state index in [0.29, 0.717) is 39.3 Å². The van der Waals surface area contributed by atoms with Crippen LogP contribution in [0.1, 0.15) is 68.5 Å². The molecule has 0 aliphatic rings. The molecule has 0 atom stereocenters. The molecule has 0 amide bonds. The molecule has 0 saturated heterocycles. The van der Waals surface area contributed by atoms with E-state index in [9.17, 15) is 14.4 Å². The molecule has 0 spiro atoms. The molecule has 4 rings (SSSR count). The fourth-order valence-corrected chi connectivity index (χ4v) is 3.73. The molecule has 0 aliphatic heterocycles. The van der Waals surface area contributed by atoms with Crippen molar-refractivity contribution in [2.24, 2.45) is 5.41 Å². The first-order valence-corrected chi connectivity index (χ1v) is 11.8. The first kappa shape index (κ1) is 24.8. The third kappa shape index (κ3) is 5.66. The van der Waals surface area contributed by atoms with Crippen LogP contribution in [0.5, 0.6) is 11.5 Å². The van der Waals surface area contributed by atoms with E-state index >= 15 is 0 Å². The third-order valence-electron chi connectivity index (χ3n) is 5.87. The number of carbonyl (C=O) groups excluding carboxylic acids is 3. The summed E-state index contributed by atoms with van der Waals surface area (Å²) in [5.41, 5.74) is 3.49. The highest BCUT2D eigenvalue weighted by Gasteiger charge is 2.23. The van der Waals surface area contributed by atoms with Gasteiger partial charge in [0.05, 0.1) is 0 Å². The van der Waals surface area contributed by atoms with Crippen molar-refractivity contribution in [2.75, 3.05) is 0 Å². The maximum atomic E-state index is 12.9. The van der Waals surface area contributed by atoms with Crippen molar-refractivity contribution in [3.8, 4) is 11.5 Å². The van der Waals surface area contributed by atoms with Crippen molar-refractivity contribution < 1.29 is 19.1 Å². The van der Waals surface area contributed by atoms with Crippen molar-refractivity contribution in [1.82, 2.24) is 0 Å². The molecule has 4 aromatic carbocycles. The fraction of sp³-hybridized carbons (Fsp3) is 0.156. The molecule has 0 unspecified atom stereocenters. The minimum Gasteiger partial charge on any atom is -0.457 e. The smallest absolute Gasteiger partial charge is 0.193 e. The molecular weight excluding hydrogens is 448 g/mol. The number of benzene rings is 4. The first-order chi connectivity index (χ1) is 17.1. The van der Waals surface area contributed by atoms with E-state index in [2.05, 4.69) is 0 Å². The number of rotatable bonds is 7. The van der Waals surface area contributed by atoms with Gasteiger partial charge in [0.25, 0.3) is 0 Å². The SMILES string of the molecule is Cc1ccc(C(=O)c2ccc(Oc3ccc(C(=O)c4ccc(C(=O)C(C)(C)C)cc4)cc3)cc2)cc1. The Kier molecular flexibility index (Phi) is 6.98. The van der Waals surface area contributed by atoms with Crippen LogP contribution in [-0.2, 0) is 0 Å². The Morgan fingerprint density at radius 3 is 1.17 bits per heavy atom. The average Bonchev–Trinajstić information content (AvgIpc) is 2.88. The summed E-state index contributed by atoms with van der Waals surface area (Å²) >= 11 is 0. The maximum absolute atomic E-state index is 12.9. The predicted molar refractivity (Wildman–Crippen MR) is 141 cm³/mol. The quantitative estimate of drug-likeness (QED) is 0.259. The minimum absolute atomic E-state index is 0.0375. The Balaban J connectivity index is 1.41. The molecule has 4 heteroatoms. The maximum Gasteiger partial charge on any atom is 0.193 e. The Hall–Kier alpha value is -4.31. The zero-order valence-corrected chi connectivity index (χ0v) is 20.9. The summed E-state index contributed by atoms with van der Waals surface area (Å²) in [6.07, 6.45) is 0. The second-order valence-electron chi connectivity index (χ2n) is 9.83. The molecular formula is C32H28O4. The summed E-state index contributed by atoms with van der Waals surface area (Å²) in [6.45, 7) is 7.60. The predicted octanol–water partition coefficient (Wildman–Crippen LogP) is 7.48. The van der Waals surface area contributed by atoms with Crippen LogP contribution in [0, 0.1) is 12.3 Å². The highest BCUT2D eigenvalue weighted by molar-refractivity contribution is 6.10. The molecule has 0 aromatic heterocycles. The summed E-state index contributed by atoms with van der Waals surface area (Å²) in [5.74, 6) is 1.04. The molecule has 0 fully saturated rings. The van der Waals surface area contributed by atoms with E-state index in [1.54, 1.807) is 72.8 Å². The van der Waals surface area contributed by atoms with Gasteiger partial charge >= 0.3 is 0 Å². The molecule has 180 valence electrons. The second-order valence-corrected chi connectivity index (χ2v) is 9.83. The lowest BCUT2D eigenvalue weighted by Gasteiger charge is -2.16. The fourth-order valence-electron chi connectivity index (χ4n) is 3.73. The van der Waals surface area contributed by atoms with Gasteiger partial charge in [0.2, 0.25) is 0 Å². The molecule has 0 radical (unpaired) electrons. The molecule has 4 aromatic rings. The van der Waals surface area contributed by atoms with Crippen molar-refractivity contribution in [3.05, 3.63) is 130 Å². The van der Waals surface area contributed by atoms with Crippen LogP contribution < -0.4 is 4.74 Å². The Morgan fingerprint density at radius 1 is 0.500 bits per heavy atom. The zero-order chi connectivity index (χ0) is 25.9. The molecule has 4 nitrogen and oxygen atoms in total. The monoisotopic (exact) mass is 476 g/mol. The number of hydrogen-bond donors (Lipinski definition) is 0. The van der Waals surface area contributed by atoms with Crippen molar-refractivity contribution in [1.29, 1.82) is 0 Å². The van der Waals surface area contributed by atoms with E-state index in [0.717, 1.165) is 5.56 Å². The van der Waals surface area contributed by atoms with Gasteiger partial charge in [-0.25, -0.2) is 0 Å². The van der Waals surface area contributed by atoms with E-state index in [1.807, 2.05) is 52.0 Å². The summed E-state index contributed by atoms with van der Waals surface area (Å²) in [5, 5.41) is 0. The summed E-state index contributed by atoms with van der Waals surface area (Å²) in [6, 6.07) is 28.1. The van der Waals surface area contributed by atoms with Crippen LogP contribution in [0.15, 0.2) is 97.1 Å². The van der Waals surface area contributed by atoms with Gasteiger partial charge in [-0.05, 0) is 55.5 Å². The number of aryl methyl sites for hydroxylation is 1. The lowest BCUT2D eigenvalue weighted by atomic mass is 9.86. The topological polar surface area (TPSA) is 60.4 Å². The summed E-state index contributed by atoms with van der Waals surface area (Å²) in [4.78, 5) is 37.9. The van der Waals surface area contributed by atoms with Gasteiger partial charge in [0.15, 0.2) is 17.3 Å². The number of carbonyl (C=O) groups is 3. The Bertz CT molecular complexity index is 1390. The van der Waals surface area contributed by atoms with Crippen molar-refractivity contribution >= 4 is 17.3 Å². The van der Waals surface area contributed by atoms with E-state index in [4.69, 9.17) is 4.74 Å². The van der Waals surface area contributed by atoms with Crippen LogP contribution >= 0.6 is 0 Å². The Morgan fingerprint density at radius 2 is 0.806 bits per heavy atom. The van der Waals surface area contributed by atoms with Crippen molar-refractivity contribution in [3.63, 3.8) is 0 Å². The van der Waals surface area contributed by atoms with Crippen LogP contribution in [0.25, 0.3) is 0 Å². The standard InChI is InChI=1S/C32H28O4/c1-21-5-7-22(8-6-21)29(33)24-13-17-27(18-14-24)36-28-19-15-25(16-20-28)30(34)23-9-11-26(12-10-23)31(35)32(2,3)4/h5-20H,1-4H3. The van der Waals surface area contributed by atoms with Crippen molar-refractivity contribution in [2.45, 2.75) is 27.7 Å². The molecule has 0 aliphatic carbocycles. The molecule has 0 heterocycles. The van der Waals surface area contributed by atoms with Gasteiger partial charge < -0.3 is 4.74 Å². The van der Waals surface area contributed by atoms with Gasteiger partial charge in [0.1, 0.15) is 11.5 Å². The van der Waals surface area contributed by atoms with Crippen LogP contribution in [0.2, 0.25) is 0 Å². The molecule has 0 N–H and O–H groups in total. The van der Waals surface area contributed by atoms with Gasteiger partial charge in [-0.1, -0.05) is 74.9 Å². The highest BCUT2D eigenvalue weighted by atomic mass is 16.5. The lowest BCUT2D eigenvalue weighted by Crippen LogP contribution is -2.20. The molecule has 0 bridgehead atoms. The Labute approximate surface area is 211 Å². The third-order valence-corrected chi connectivity index (χ3v) is 5.87. The van der Waals surface area contributed by atoms with E-state index < -0.39 is 5.41 Å². The summed E-state index contributed by atoms with van der Waals surface area (Å²) < 4.78 is 5.89. The summed E-state index contributed by atoms with van der Waals surface area (Å²) in [7, 11) is 0. The largest absolute Gasteiger partial charge is 0.457 e. The van der Waals surface area contributed by atoms with E-state index in [-0.39, 0.29) is 17.3 Å². The normalized spacial score (nSPS) is 11.1. The molecule has 36 heavy (non-hydrogen) atoms. The van der Waals surface area contributed by atoms with Crippen LogP contribution in [-0.4, -0.2) is 17.3 Å². The van der Waals surface area contributed by atoms with Gasteiger partial charge in [0, 0.05) is 33.2 Å². The minimum atomic E-state index is -0.474. The first-order valence-electron chi connectivity index (χ1n) is 11.8. The van der Waals surface area contributed by atoms with E-state index in [1.165, 1.54) is 0 Å². The average molecular weight is 477 g/mol. The number of ketones is 3. The number of hydrogen-bond acceptors (Lipinski definition) is 4.